The van der Waals surface area contributed by atoms with Gasteiger partial charge in [0.25, 0.3) is 11.1 Å². The van der Waals surface area contributed by atoms with E-state index in [1.165, 1.54) is 32.8 Å². The Morgan fingerprint density at radius 1 is 1.13 bits per heavy atom. The molecule has 5 rings (SSSR count). The van der Waals surface area contributed by atoms with Crippen LogP contribution < -0.4 is 11.1 Å². The first-order valence-electron chi connectivity index (χ1n) is 9.69. The van der Waals surface area contributed by atoms with Gasteiger partial charge in [-0.2, -0.15) is 0 Å². The molecule has 0 fully saturated rings. The van der Waals surface area contributed by atoms with E-state index in [9.17, 15) is 9.59 Å². The number of nitrogens with one attached hydrogen (secondary N) is 1. The van der Waals surface area contributed by atoms with Crippen LogP contribution in [0.1, 0.15) is 23.2 Å². The fraction of sp³-hybridized carbons (Fsp3) is 0.182. The molecule has 0 saturated heterocycles. The van der Waals surface area contributed by atoms with Gasteiger partial charge in [-0.25, -0.2) is 14.5 Å². The van der Waals surface area contributed by atoms with Crippen molar-refractivity contribution in [2.75, 3.05) is 0 Å². The van der Waals surface area contributed by atoms with Gasteiger partial charge in [-0.3, -0.25) is 19.3 Å². The van der Waals surface area contributed by atoms with Gasteiger partial charge in [0, 0.05) is 22.2 Å². The fourth-order valence-electron chi connectivity index (χ4n) is 3.70. The van der Waals surface area contributed by atoms with Gasteiger partial charge in [0.1, 0.15) is 4.83 Å². The molecule has 0 amide bonds. The molecule has 0 aliphatic heterocycles. The maximum Gasteiger partial charge on any atom is 0.272 e. The molecule has 0 spiro atoms. The molecule has 0 bridgehead atoms. The first-order valence-corrected chi connectivity index (χ1v) is 10.5. The minimum Gasteiger partial charge on any atom is -0.293 e. The van der Waals surface area contributed by atoms with Crippen LogP contribution in [-0.4, -0.2) is 24.1 Å². The summed E-state index contributed by atoms with van der Waals surface area (Å²) in [5.74, 6) is 0. The summed E-state index contributed by atoms with van der Waals surface area (Å²) in [4.78, 5) is 36.6. The Hall–Kier alpha value is -3.52. The zero-order chi connectivity index (χ0) is 20.8. The number of thiophene rings is 1. The molecule has 30 heavy (non-hydrogen) atoms. The average molecular weight is 417 g/mol. The molecular formula is C22H19N5O2S. The van der Waals surface area contributed by atoms with Gasteiger partial charge in [-0.15, -0.1) is 11.3 Å². The van der Waals surface area contributed by atoms with Gasteiger partial charge < -0.3 is 0 Å². The zero-order valence-corrected chi connectivity index (χ0v) is 17.4. The standard InChI is InChI=1S/C22H19N5O2S/c1-3-16-10-17-21(30-16)23-12-26(22(17)29)11-15-9-18(28)27-20(24-15)19(13(2)25-27)14-7-5-4-6-8-14/h4-10,12,25H,3,11H2,1-2H3. The molecular weight excluding hydrogens is 398 g/mol. The van der Waals surface area contributed by atoms with E-state index < -0.39 is 0 Å². The Kier molecular flexibility index (Phi) is 4.36. The minimum absolute atomic E-state index is 0.119. The number of aromatic amines is 1. The minimum atomic E-state index is -0.217. The van der Waals surface area contributed by atoms with E-state index >= 15 is 0 Å². The number of hydrogen-bond donors (Lipinski definition) is 1. The summed E-state index contributed by atoms with van der Waals surface area (Å²) in [5.41, 5.74) is 3.44. The molecule has 7 nitrogen and oxygen atoms in total. The Bertz CT molecular complexity index is 1510. The highest BCUT2D eigenvalue weighted by Gasteiger charge is 2.15. The summed E-state index contributed by atoms with van der Waals surface area (Å²) < 4.78 is 2.95. The van der Waals surface area contributed by atoms with Crippen LogP contribution in [0.25, 0.3) is 27.0 Å². The largest absolute Gasteiger partial charge is 0.293 e. The molecule has 1 aromatic carbocycles. The van der Waals surface area contributed by atoms with E-state index in [0.29, 0.717) is 16.7 Å². The van der Waals surface area contributed by atoms with Crippen molar-refractivity contribution in [1.29, 1.82) is 0 Å². The van der Waals surface area contributed by atoms with Gasteiger partial charge in [0.2, 0.25) is 0 Å². The highest BCUT2D eigenvalue weighted by Crippen LogP contribution is 2.26. The van der Waals surface area contributed by atoms with Crippen LogP contribution in [0.15, 0.2) is 58.4 Å². The molecule has 0 radical (unpaired) electrons. The summed E-state index contributed by atoms with van der Waals surface area (Å²) in [6, 6.07) is 13.2. The fourth-order valence-corrected chi connectivity index (χ4v) is 4.62. The van der Waals surface area contributed by atoms with Crippen molar-refractivity contribution in [3.8, 4) is 11.1 Å². The Morgan fingerprint density at radius 3 is 2.70 bits per heavy atom. The van der Waals surface area contributed by atoms with Crippen molar-refractivity contribution in [1.82, 2.24) is 24.1 Å². The van der Waals surface area contributed by atoms with Crippen LogP contribution in [0.3, 0.4) is 0 Å². The molecule has 4 heterocycles. The topological polar surface area (TPSA) is 85.0 Å². The lowest BCUT2D eigenvalue weighted by atomic mass is 10.1. The number of rotatable bonds is 4. The number of hydrogen-bond acceptors (Lipinski definition) is 5. The van der Waals surface area contributed by atoms with Crippen LogP contribution in [0, 0.1) is 6.92 Å². The van der Waals surface area contributed by atoms with Gasteiger partial charge in [-0.05, 0) is 25.0 Å². The number of H-pyrrole nitrogens is 1. The molecule has 4 aromatic heterocycles. The Balaban J connectivity index is 1.64. The van der Waals surface area contributed by atoms with Crippen LogP contribution in [0.2, 0.25) is 0 Å². The molecule has 1 N–H and O–H groups in total. The third-order valence-corrected chi connectivity index (χ3v) is 6.35. The van der Waals surface area contributed by atoms with Gasteiger partial charge >= 0.3 is 0 Å². The van der Waals surface area contributed by atoms with Gasteiger partial charge in [0.15, 0.2) is 5.65 Å². The first-order chi connectivity index (χ1) is 14.5. The van der Waals surface area contributed by atoms with Crippen LogP contribution in [-0.2, 0) is 13.0 Å². The Labute approximate surface area is 175 Å². The highest BCUT2D eigenvalue weighted by molar-refractivity contribution is 7.18. The van der Waals surface area contributed by atoms with E-state index in [4.69, 9.17) is 4.98 Å². The average Bonchev–Trinajstić information content (AvgIpc) is 3.32. The third kappa shape index (κ3) is 2.96. The van der Waals surface area contributed by atoms with Crippen LogP contribution in [0.4, 0.5) is 0 Å². The second-order valence-electron chi connectivity index (χ2n) is 7.19. The van der Waals surface area contributed by atoms with E-state index in [1.54, 1.807) is 0 Å². The summed E-state index contributed by atoms with van der Waals surface area (Å²) >= 11 is 1.54. The van der Waals surface area contributed by atoms with E-state index in [2.05, 4.69) is 17.0 Å². The lowest BCUT2D eigenvalue weighted by molar-refractivity contribution is 0.724. The van der Waals surface area contributed by atoms with Crippen molar-refractivity contribution < 1.29 is 0 Å². The number of benzene rings is 1. The molecule has 0 unspecified atom stereocenters. The zero-order valence-electron chi connectivity index (χ0n) is 16.5. The normalized spacial score (nSPS) is 11.5. The summed E-state index contributed by atoms with van der Waals surface area (Å²) in [6.45, 7) is 4.16. The molecule has 0 atom stereocenters. The highest BCUT2D eigenvalue weighted by atomic mass is 32.1. The van der Waals surface area contributed by atoms with Gasteiger partial charge in [-0.1, -0.05) is 37.3 Å². The molecule has 5 aromatic rings. The number of aromatic nitrogens is 5. The number of nitrogens with zero attached hydrogens (tertiary/aromatic N) is 4. The van der Waals surface area contributed by atoms with Crippen molar-refractivity contribution in [3.05, 3.63) is 85.8 Å². The summed E-state index contributed by atoms with van der Waals surface area (Å²) in [7, 11) is 0. The van der Waals surface area contributed by atoms with Crippen LogP contribution >= 0.6 is 11.3 Å². The quantitative estimate of drug-likeness (QED) is 0.486. The number of aryl methyl sites for hydroxylation is 2. The second kappa shape index (κ2) is 7.07. The van der Waals surface area contributed by atoms with E-state index in [0.717, 1.165) is 32.9 Å². The van der Waals surface area contributed by atoms with Crippen molar-refractivity contribution in [3.63, 3.8) is 0 Å². The Morgan fingerprint density at radius 2 is 1.93 bits per heavy atom. The van der Waals surface area contributed by atoms with Crippen molar-refractivity contribution in [2.24, 2.45) is 0 Å². The maximum absolute atomic E-state index is 12.9. The van der Waals surface area contributed by atoms with Crippen molar-refractivity contribution >= 4 is 27.2 Å². The monoisotopic (exact) mass is 417 g/mol. The number of fused-ring (bicyclic) bond motifs is 2. The maximum atomic E-state index is 12.9. The molecule has 0 aliphatic rings. The third-order valence-electron chi connectivity index (χ3n) is 5.16. The van der Waals surface area contributed by atoms with E-state index in [1.807, 2.05) is 43.3 Å². The molecule has 0 aliphatic carbocycles. The molecule has 150 valence electrons. The predicted molar refractivity (Wildman–Crippen MR) is 118 cm³/mol. The lowest BCUT2D eigenvalue weighted by Gasteiger charge is -2.06. The van der Waals surface area contributed by atoms with Gasteiger partial charge in [0.05, 0.1) is 24.0 Å². The van der Waals surface area contributed by atoms with Crippen molar-refractivity contribution in [2.45, 2.75) is 26.8 Å². The summed E-state index contributed by atoms with van der Waals surface area (Å²) in [6.07, 6.45) is 2.40. The second-order valence-corrected chi connectivity index (χ2v) is 8.30. The first kappa shape index (κ1) is 18.5. The predicted octanol–water partition coefficient (Wildman–Crippen LogP) is 3.38. The molecule has 0 saturated carbocycles. The molecule has 8 heteroatoms. The smallest absolute Gasteiger partial charge is 0.272 e. The van der Waals surface area contributed by atoms with Crippen LogP contribution in [0.5, 0.6) is 0 Å². The SMILES string of the molecule is CCc1cc2c(=O)n(Cc3cc(=O)n4[nH]c(C)c(-c5ccccc5)c4n3)cnc2s1. The lowest BCUT2D eigenvalue weighted by Crippen LogP contribution is -2.23. The summed E-state index contributed by atoms with van der Waals surface area (Å²) in [5, 5.41) is 3.70. The van der Waals surface area contributed by atoms with E-state index in [-0.39, 0.29) is 17.7 Å².